The van der Waals surface area contributed by atoms with Gasteiger partial charge in [-0.15, -0.1) is 0 Å². The zero-order valence-electron chi connectivity index (χ0n) is 20.4. The summed E-state index contributed by atoms with van der Waals surface area (Å²) in [6.07, 6.45) is 4.36. The highest BCUT2D eigenvalue weighted by Crippen LogP contribution is 2.14. The fraction of sp³-hybridized carbons (Fsp3) is 0.615. The zero-order valence-corrected chi connectivity index (χ0v) is 20.4. The van der Waals surface area contributed by atoms with E-state index in [-0.39, 0.29) is 12.0 Å². The first-order chi connectivity index (χ1) is 16.6. The number of rotatable bonds is 10. The third kappa shape index (κ3) is 7.12. The van der Waals surface area contributed by atoms with Crippen molar-refractivity contribution in [1.29, 1.82) is 0 Å². The second-order valence-electron chi connectivity index (χ2n) is 9.55. The van der Waals surface area contributed by atoms with E-state index < -0.39 is 0 Å². The van der Waals surface area contributed by atoms with Gasteiger partial charge < -0.3 is 14.4 Å². The number of carbonyl (C=O) groups is 1. The summed E-state index contributed by atoms with van der Waals surface area (Å²) in [5, 5.41) is 10.2. The molecule has 2 fully saturated rings. The molecule has 1 aromatic heterocycles. The second kappa shape index (κ2) is 12.4. The van der Waals surface area contributed by atoms with Crippen molar-refractivity contribution in [1.82, 2.24) is 24.6 Å². The number of aliphatic hydroxyl groups is 1. The highest BCUT2D eigenvalue weighted by molar-refractivity contribution is 5.92. The van der Waals surface area contributed by atoms with Gasteiger partial charge in [0.15, 0.2) is 5.69 Å². The predicted molar refractivity (Wildman–Crippen MR) is 131 cm³/mol. The summed E-state index contributed by atoms with van der Waals surface area (Å²) < 4.78 is 5.65. The minimum absolute atomic E-state index is 0.0414. The molecule has 1 unspecified atom stereocenters. The standard InChI is InChI=1S/C26H39N5O3/c1-2-3-9-23(32)19-29-10-12-30(13-11-29)20-25-27-24(21-34-25)26(33)31-16-14-28(15-17-31)18-22-7-5-4-6-8-22/h4-8,21,23,32H,2-3,9-20H2,1H3. The number of aliphatic hydroxyl groups excluding tert-OH is 1. The Morgan fingerprint density at radius 2 is 1.62 bits per heavy atom. The summed E-state index contributed by atoms with van der Waals surface area (Å²) in [6, 6.07) is 10.5. The third-order valence-corrected chi connectivity index (χ3v) is 6.86. The average molecular weight is 470 g/mol. The van der Waals surface area contributed by atoms with Crippen LogP contribution in [-0.2, 0) is 13.1 Å². The maximum atomic E-state index is 12.9. The van der Waals surface area contributed by atoms with Gasteiger partial charge in [-0.05, 0) is 12.0 Å². The van der Waals surface area contributed by atoms with E-state index in [0.29, 0.717) is 31.2 Å². The van der Waals surface area contributed by atoms with E-state index in [1.165, 1.54) is 11.8 Å². The van der Waals surface area contributed by atoms with Crippen molar-refractivity contribution >= 4 is 5.91 Å². The first-order valence-electron chi connectivity index (χ1n) is 12.7. The van der Waals surface area contributed by atoms with Crippen LogP contribution in [0.15, 0.2) is 41.0 Å². The summed E-state index contributed by atoms with van der Waals surface area (Å²) in [6.45, 7) is 11.3. The zero-order chi connectivity index (χ0) is 23.8. The number of unbranched alkanes of at least 4 members (excludes halogenated alkanes) is 1. The Kier molecular flexibility index (Phi) is 9.10. The molecule has 34 heavy (non-hydrogen) atoms. The lowest BCUT2D eigenvalue weighted by atomic mass is 10.1. The highest BCUT2D eigenvalue weighted by atomic mass is 16.3. The van der Waals surface area contributed by atoms with Crippen LogP contribution in [0.5, 0.6) is 0 Å². The van der Waals surface area contributed by atoms with Crippen LogP contribution in [0.25, 0.3) is 0 Å². The first kappa shape index (κ1) is 24.9. The molecule has 8 heteroatoms. The van der Waals surface area contributed by atoms with Crippen LogP contribution < -0.4 is 0 Å². The molecular formula is C26H39N5O3. The van der Waals surface area contributed by atoms with Crippen molar-refractivity contribution in [3.63, 3.8) is 0 Å². The molecule has 2 aliphatic heterocycles. The summed E-state index contributed by atoms with van der Waals surface area (Å²) in [4.78, 5) is 26.3. The van der Waals surface area contributed by atoms with E-state index in [4.69, 9.17) is 4.42 Å². The minimum Gasteiger partial charge on any atom is -0.447 e. The highest BCUT2D eigenvalue weighted by Gasteiger charge is 2.25. The normalized spacial score (nSPS) is 19.4. The Labute approximate surface area is 203 Å². The molecule has 1 N–H and O–H groups in total. The van der Waals surface area contributed by atoms with Gasteiger partial charge in [0.25, 0.3) is 5.91 Å². The van der Waals surface area contributed by atoms with Crippen LogP contribution in [0.4, 0.5) is 0 Å². The molecule has 2 aromatic rings. The molecule has 186 valence electrons. The number of oxazole rings is 1. The SMILES string of the molecule is CCCCC(O)CN1CCN(Cc2nc(C(=O)N3CCN(Cc4ccccc4)CC3)co2)CC1. The Hall–Kier alpha value is -2.26. The van der Waals surface area contributed by atoms with Crippen LogP contribution in [0.1, 0.15) is 48.1 Å². The topological polar surface area (TPSA) is 76.3 Å². The molecule has 2 aliphatic rings. The molecule has 3 heterocycles. The summed E-state index contributed by atoms with van der Waals surface area (Å²) >= 11 is 0. The van der Waals surface area contributed by atoms with E-state index >= 15 is 0 Å². The number of benzene rings is 1. The molecule has 2 saturated heterocycles. The number of piperazine rings is 2. The van der Waals surface area contributed by atoms with E-state index in [1.807, 2.05) is 11.0 Å². The number of hydrogen-bond donors (Lipinski definition) is 1. The predicted octanol–water partition coefficient (Wildman–Crippen LogP) is 2.30. The van der Waals surface area contributed by atoms with Crippen molar-refractivity contribution in [2.45, 2.75) is 45.4 Å². The Morgan fingerprint density at radius 3 is 2.32 bits per heavy atom. The summed E-state index contributed by atoms with van der Waals surface area (Å²) in [5.74, 6) is 0.558. The quantitative estimate of drug-likeness (QED) is 0.572. The van der Waals surface area contributed by atoms with Gasteiger partial charge in [0.1, 0.15) is 6.26 Å². The Bertz CT molecular complexity index is 874. The van der Waals surface area contributed by atoms with E-state index in [0.717, 1.165) is 71.6 Å². The average Bonchev–Trinajstić information content (AvgIpc) is 3.33. The van der Waals surface area contributed by atoms with Crippen LogP contribution in [0.3, 0.4) is 0 Å². The fourth-order valence-electron chi connectivity index (χ4n) is 4.74. The maximum absolute atomic E-state index is 12.9. The van der Waals surface area contributed by atoms with Crippen molar-refractivity contribution in [2.75, 3.05) is 58.9 Å². The molecule has 1 aromatic carbocycles. The van der Waals surface area contributed by atoms with Crippen LogP contribution >= 0.6 is 0 Å². The van der Waals surface area contributed by atoms with Crippen molar-refractivity contribution in [3.8, 4) is 0 Å². The van der Waals surface area contributed by atoms with Crippen molar-refractivity contribution < 1.29 is 14.3 Å². The molecule has 0 radical (unpaired) electrons. The van der Waals surface area contributed by atoms with Crippen LogP contribution in [0.2, 0.25) is 0 Å². The molecule has 4 rings (SSSR count). The lowest BCUT2D eigenvalue weighted by Crippen LogP contribution is -2.48. The number of aromatic nitrogens is 1. The van der Waals surface area contributed by atoms with Gasteiger partial charge in [0.05, 0.1) is 12.6 Å². The number of β-amino-alcohol motifs (C(OH)–C–C–N with tert-alkyl or cyclic N) is 1. The number of carbonyl (C=O) groups excluding carboxylic acids is 1. The molecule has 1 atom stereocenters. The minimum atomic E-state index is -0.230. The first-order valence-corrected chi connectivity index (χ1v) is 12.7. The van der Waals surface area contributed by atoms with Gasteiger partial charge in [-0.3, -0.25) is 19.5 Å². The molecule has 0 saturated carbocycles. The lowest BCUT2D eigenvalue weighted by molar-refractivity contribution is 0.0621. The van der Waals surface area contributed by atoms with Crippen LogP contribution in [0, 0.1) is 0 Å². The Morgan fingerprint density at radius 1 is 0.971 bits per heavy atom. The lowest BCUT2D eigenvalue weighted by Gasteiger charge is -2.35. The molecule has 0 spiro atoms. The van der Waals surface area contributed by atoms with Gasteiger partial charge in [0.2, 0.25) is 5.89 Å². The molecule has 0 bridgehead atoms. The smallest absolute Gasteiger partial charge is 0.275 e. The summed E-state index contributed by atoms with van der Waals surface area (Å²) in [7, 11) is 0. The van der Waals surface area contributed by atoms with E-state index in [9.17, 15) is 9.90 Å². The van der Waals surface area contributed by atoms with Gasteiger partial charge in [-0.2, -0.15) is 0 Å². The van der Waals surface area contributed by atoms with Gasteiger partial charge in [-0.25, -0.2) is 4.98 Å². The van der Waals surface area contributed by atoms with Crippen molar-refractivity contribution in [3.05, 3.63) is 53.7 Å². The van der Waals surface area contributed by atoms with Crippen LogP contribution in [-0.4, -0.2) is 101 Å². The van der Waals surface area contributed by atoms with Gasteiger partial charge in [0, 0.05) is 65.4 Å². The van der Waals surface area contributed by atoms with Crippen molar-refractivity contribution in [2.24, 2.45) is 0 Å². The Balaban J connectivity index is 1.18. The van der Waals surface area contributed by atoms with Gasteiger partial charge in [-0.1, -0.05) is 50.1 Å². The van der Waals surface area contributed by atoms with Gasteiger partial charge >= 0.3 is 0 Å². The fourth-order valence-corrected chi connectivity index (χ4v) is 4.74. The molecule has 8 nitrogen and oxygen atoms in total. The second-order valence-corrected chi connectivity index (χ2v) is 9.55. The number of amides is 1. The molecule has 1 amide bonds. The molecule has 0 aliphatic carbocycles. The van der Waals surface area contributed by atoms with E-state index in [2.05, 4.69) is 50.9 Å². The van der Waals surface area contributed by atoms with E-state index in [1.54, 1.807) is 0 Å². The monoisotopic (exact) mass is 469 g/mol. The number of hydrogen-bond acceptors (Lipinski definition) is 7. The molecular weight excluding hydrogens is 430 g/mol. The largest absolute Gasteiger partial charge is 0.447 e. The summed E-state index contributed by atoms with van der Waals surface area (Å²) in [5.41, 5.74) is 1.71. The number of nitrogens with zero attached hydrogens (tertiary/aromatic N) is 5. The third-order valence-electron chi connectivity index (χ3n) is 6.86. The maximum Gasteiger partial charge on any atom is 0.275 e.